The van der Waals surface area contributed by atoms with Gasteiger partial charge in [0, 0.05) is 7.05 Å². The molecule has 0 aromatic heterocycles. The Morgan fingerprint density at radius 3 is 2.62 bits per heavy atom. The number of anilines is 1. The van der Waals surface area contributed by atoms with Gasteiger partial charge in [-0.25, -0.2) is 0 Å². The maximum absolute atomic E-state index is 11.8. The lowest BCUT2D eigenvalue weighted by atomic mass is 10.1. The molecule has 0 unspecified atom stereocenters. The highest BCUT2D eigenvalue weighted by molar-refractivity contribution is 6.52. The molecule has 106 valence electrons. The van der Waals surface area contributed by atoms with Crippen LogP contribution in [0.2, 0.25) is 0 Å². The third-order valence-electron chi connectivity index (χ3n) is 3.73. The third kappa shape index (κ3) is 2.29. The molecule has 0 aliphatic carbocycles. The van der Waals surface area contributed by atoms with Crippen molar-refractivity contribution in [3.05, 3.63) is 59.2 Å². The average molecular weight is 281 g/mol. The minimum atomic E-state index is -0.499. The van der Waals surface area contributed by atoms with Crippen molar-refractivity contribution in [1.29, 1.82) is 0 Å². The average Bonchev–Trinajstić information content (AvgIpc) is 2.71. The fraction of sp³-hybridized carbons (Fsp3) is 0.176. The van der Waals surface area contributed by atoms with Crippen molar-refractivity contribution in [2.24, 2.45) is 0 Å². The van der Waals surface area contributed by atoms with Gasteiger partial charge in [0.25, 0.3) is 11.7 Å². The predicted octanol–water partition coefficient (Wildman–Crippen LogP) is 2.73. The fourth-order valence-electron chi connectivity index (χ4n) is 2.39. The lowest BCUT2D eigenvalue weighted by molar-refractivity contribution is -0.114. The number of hydrogen-bond donors (Lipinski definition) is 0. The number of rotatable bonds is 3. The minimum Gasteiger partial charge on any atom is -0.489 e. The van der Waals surface area contributed by atoms with Gasteiger partial charge in [0.2, 0.25) is 0 Å². The first kappa shape index (κ1) is 13.4. The van der Waals surface area contributed by atoms with Gasteiger partial charge in [0.1, 0.15) is 12.4 Å². The van der Waals surface area contributed by atoms with E-state index >= 15 is 0 Å². The molecule has 0 saturated heterocycles. The predicted molar refractivity (Wildman–Crippen MR) is 79.7 cm³/mol. The van der Waals surface area contributed by atoms with Crippen molar-refractivity contribution in [3.63, 3.8) is 0 Å². The van der Waals surface area contributed by atoms with E-state index in [1.807, 2.05) is 31.2 Å². The molecule has 0 bridgehead atoms. The number of amides is 1. The quantitative estimate of drug-likeness (QED) is 0.813. The summed E-state index contributed by atoms with van der Waals surface area (Å²) in [6.45, 7) is 2.46. The van der Waals surface area contributed by atoms with Crippen LogP contribution in [-0.2, 0) is 11.4 Å². The normalized spacial score (nSPS) is 13.5. The number of carbonyl (C=O) groups is 2. The summed E-state index contributed by atoms with van der Waals surface area (Å²) in [6.07, 6.45) is 0. The number of ether oxygens (including phenoxy) is 1. The Kier molecular flexibility index (Phi) is 3.22. The highest BCUT2D eigenvalue weighted by Crippen LogP contribution is 2.31. The van der Waals surface area contributed by atoms with Crippen molar-refractivity contribution >= 4 is 17.4 Å². The van der Waals surface area contributed by atoms with Gasteiger partial charge in [-0.2, -0.15) is 0 Å². The Morgan fingerprint density at radius 2 is 1.86 bits per heavy atom. The molecule has 21 heavy (non-hydrogen) atoms. The highest BCUT2D eigenvalue weighted by atomic mass is 16.5. The number of aryl methyl sites for hydroxylation is 1. The molecule has 1 heterocycles. The van der Waals surface area contributed by atoms with Gasteiger partial charge < -0.3 is 9.64 Å². The zero-order valence-corrected chi connectivity index (χ0v) is 11.9. The summed E-state index contributed by atoms with van der Waals surface area (Å²) in [6, 6.07) is 13.1. The van der Waals surface area contributed by atoms with E-state index in [1.165, 1.54) is 4.90 Å². The summed E-state index contributed by atoms with van der Waals surface area (Å²) in [5.41, 5.74) is 3.29. The second-order valence-electron chi connectivity index (χ2n) is 5.09. The molecule has 3 rings (SSSR count). The Bertz CT molecular complexity index is 737. The Hall–Kier alpha value is -2.62. The molecule has 4 heteroatoms. The van der Waals surface area contributed by atoms with Gasteiger partial charge in [-0.05, 0) is 36.2 Å². The lowest BCUT2D eigenvalue weighted by Gasteiger charge is -2.11. The van der Waals surface area contributed by atoms with Crippen LogP contribution in [-0.4, -0.2) is 18.7 Å². The number of hydrogen-bond acceptors (Lipinski definition) is 3. The molecule has 0 radical (unpaired) electrons. The maximum Gasteiger partial charge on any atom is 0.299 e. The zero-order valence-electron chi connectivity index (χ0n) is 11.9. The summed E-state index contributed by atoms with van der Waals surface area (Å²) < 4.78 is 5.73. The molecule has 0 saturated carbocycles. The molecular weight excluding hydrogens is 266 g/mol. The van der Waals surface area contributed by atoms with Crippen molar-refractivity contribution in [2.45, 2.75) is 13.5 Å². The monoisotopic (exact) mass is 281 g/mol. The molecular formula is C17H15NO3. The molecule has 4 nitrogen and oxygen atoms in total. The fourth-order valence-corrected chi connectivity index (χ4v) is 2.39. The van der Waals surface area contributed by atoms with E-state index < -0.39 is 11.7 Å². The summed E-state index contributed by atoms with van der Waals surface area (Å²) in [5, 5.41) is 0. The molecule has 2 aromatic rings. The first-order valence-electron chi connectivity index (χ1n) is 6.71. The molecule has 1 aliphatic rings. The van der Waals surface area contributed by atoms with E-state index in [-0.39, 0.29) is 0 Å². The van der Waals surface area contributed by atoms with Crippen molar-refractivity contribution in [1.82, 2.24) is 0 Å². The number of Topliss-reactive ketones (excluding diaryl/α,β-unsaturated/α-hetero) is 1. The summed E-state index contributed by atoms with van der Waals surface area (Å²) in [5.74, 6) is -0.386. The standard InChI is InChI=1S/C17H15NO3/c1-11-5-3-4-6-12(11)10-21-13-7-8-15-14(9-13)16(19)17(20)18(15)2/h3-9H,10H2,1-2H3. The van der Waals surface area contributed by atoms with Crippen LogP contribution < -0.4 is 9.64 Å². The van der Waals surface area contributed by atoms with Crippen LogP contribution in [0.1, 0.15) is 21.5 Å². The van der Waals surface area contributed by atoms with Gasteiger partial charge >= 0.3 is 0 Å². The van der Waals surface area contributed by atoms with Crippen LogP contribution in [0.4, 0.5) is 5.69 Å². The summed E-state index contributed by atoms with van der Waals surface area (Å²) >= 11 is 0. The van der Waals surface area contributed by atoms with Crippen LogP contribution in [0.15, 0.2) is 42.5 Å². The second kappa shape index (κ2) is 5.05. The van der Waals surface area contributed by atoms with Gasteiger partial charge in [-0.3, -0.25) is 9.59 Å². The second-order valence-corrected chi connectivity index (χ2v) is 5.09. The summed E-state index contributed by atoms with van der Waals surface area (Å²) in [7, 11) is 1.60. The number of benzene rings is 2. The first-order valence-corrected chi connectivity index (χ1v) is 6.71. The number of ketones is 1. The van der Waals surface area contributed by atoms with Crippen LogP contribution in [0.5, 0.6) is 5.75 Å². The van der Waals surface area contributed by atoms with Gasteiger partial charge in [0.05, 0.1) is 11.3 Å². The van der Waals surface area contributed by atoms with Crippen LogP contribution >= 0.6 is 0 Å². The smallest absolute Gasteiger partial charge is 0.299 e. The molecule has 1 amide bonds. The maximum atomic E-state index is 11.8. The number of carbonyl (C=O) groups excluding carboxylic acids is 2. The van der Waals surface area contributed by atoms with E-state index in [2.05, 4.69) is 0 Å². The van der Waals surface area contributed by atoms with Crippen LogP contribution in [0.25, 0.3) is 0 Å². The number of fused-ring (bicyclic) bond motifs is 1. The van der Waals surface area contributed by atoms with E-state index in [0.29, 0.717) is 23.6 Å². The van der Waals surface area contributed by atoms with Gasteiger partial charge in [0.15, 0.2) is 0 Å². The first-order chi connectivity index (χ1) is 10.1. The molecule has 0 fully saturated rings. The Balaban J connectivity index is 1.82. The molecule has 0 spiro atoms. The molecule has 0 N–H and O–H groups in total. The molecule has 0 atom stereocenters. The van der Waals surface area contributed by atoms with Crippen molar-refractivity contribution in [3.8, 4) is 5.75 Å². The van der Waals surface area contributed by atoms with Crippen molar-refractivity contribution < 1.29 is 14.3 Å². The SMILES string of the molecule is Cc1ccccc1COc1ccc2c(c1)C(=O)C(=O)N2C. The lowest BCUT2D eigenvalue weighted by Crippen LogP contribution is -2.24. The topological polar surface area (TPSA) is 46.6 Å². The minimum absolute atomic E-state index is 0.407. The summed E-state index contributed by atoms with van der Waals surface area (Å²) in [4.78, 5) is 24.8. The Labute approximate surface area is 123 Å². The number of likely N-dealkylation sites (N-methyl/N-ethyl adjacent to an activating group) is 1. The Morgan fingerprint density at radius 1 is 1.10 bits per heavy atom. The van der Waals surface area contributed by atoms with Gasteiger partial charge in [-0.15, -0.1) is 0 Å². The van der Waals surface area contributed by atoms with E-state index in [9.17, 15) is 9.59 Å². The van der Waals surface area contributed by atoms with Gasteiger partial charge in [-0.1, -0.05) is 24.3 Å². The largest absolute Gasteiger partial charge is 0.489 e. The highest BCUT2D eigenvalue weighted by Gasteiger charge is 2.33. The molecule has 2 aromatic carbocycles. The van der Waals surface area contributed by atoms with Crippen molar-refractivity contribution in [2.75, 3.05) is 11.9 Å². The van der Waals surface area contributed by atoms with E-state index in [4.69, 9.17) is 4.74 Å². The zero-order chi connectivity index (χ0) is 15.0. The van der Waals surface area contributed by atoms with E-state index in [0.717, 1.165) is 11.1 Å². The van der Waals surface area contributed by atoms with Crippen LogP contribution in [0, 0.1) is 6.92 Å². The number of nitrogens with zero attached hydrogens (tertiary/aromatic N) is 1. The molecule has 1 aliphatic heterocycles. The third-order valence-corrected chi connectivity index (χ3v) is 3.73. The van der Waals surface area contributed by atoms with E-state index in [1.54, 1.807) is 25.2 Å². The van der Waals surface area contributed by atoms with Crippen LogP contribution in [0.3, 0.4) is 0 Å².